The normalized spacial score (nSPS) is 33.5. The van der Waals surface area contributed by atoms with Gasteiger partial charge in [-0.25, -0.2) is 0 Å². The van der Waals surface area contributed by atoms with Crippen molar-refractivity contribution in [1.29, 1.82) is 0 Å². The Kier molecular flexibility index (Phi) is 10.6. The number of rotatable bonds is 11. The summed E-state index contributed by atoms with van der Waals surface area (Å²) in [6, 6.07) is -0.718. The molecule has 0 aromatic rings. The Balaban J connectivity index is 1.79. The van der Waals surface area contributed by atoms with Gasteiger partial charge in [0.2, 0.25) is 11.8 Å². The zero-order valence-electron chi connectivity index (χ0n) is 18.7. The van der Waals surface area contributed by atoms with Gasteiger partial charge >= 0.3 is 0 Å². The molecule has 1 aliphatic heterocycles. The second kappa shape index (κ2) is 12.7. The molecule has 2 rings (SSSR count). The van der Waals surface area contributed by atoms with Gasteiger partial charge < -0.3 is 39.7 Å². The molecule has 0 spiro atoms. The SMILES string of the molecule is COC[C@@H]1C[C@@H](OC)CN1C(=O)CCCCOC1CC(CO)C(O)C(O)C1NC(C)=O. The molecule has 31 heavy (non-hydrogen) atoms. The summed E-state index contributed by atoms with van der Waals surface area (Å²) >= 11 is 0. The van der Waals surface area contributed by atoms with Gasteiger partial charge in [-0.05, 0) is 25.7 Å². The summed E-state index contributed by atoms with van der Waals surface area (Å²) in [7, 11) is 3.27. The number of unbranched alkanes of at least 4 members (excludes halogenated alkanes) is 1. The number of nitrogens with one attached hydrogen (secondary N) is 1. The zero-order chi connectivity index (χ0) is 23.0. The van der Waals surface area contributed by atoms with Crippen LogP contribution in [0.4, 0.5) is 0 Å². The Labute approximate surface area is 183 Å². The second-order valence-corrected chi connectivity index (χ2v) is 8.50. The monoisotopic (exact) mass is 446 g/mol. The van der Waals surface area contributed by atoms with Crippen molar-refractivity contribution in [2.75, 3.05) is 40.6 Å². The molecule has 2 fully saturated rings. The van der Waals surface area contributed by atoms with Gasteiger partial charge in [-0.15, -0.1) is 0 Å². The van der Waals surface area contributed by atoms with Crippen molar-refractivity contribution in [2.24, 2.45) is 5.92 Å². The lowest BCUT2D eigenvalue weighted by molar-refractivity contribution is -0.142. The number of nitrogens with zero attached hydrogens (tertiary/aromatic N) is 1. The summed E-state index contributed by atoms with van der Waals surface area (Å²) < 4.78 is 16.5. The molecule has 5 unspecified atom stereocenters. The fourth-order valence-corrected chi connectivity index (χ4v) is 4.52. The number of carbonyl (C=O) groups excluding carboxylic acids is 2. The maximum Gasteiger partial charge on any atom is 0.222 e. The molecule has 4 N–H and O–H groups in total. The van der Waals surface area contributed by atoms with Crippen molar-refractivity contribution < 1.29 is 39.1 Å². The minimum absolute atomic E-state index is 0.0303. The molecule has 2 aliphatic rings. The largest absolute Gasteiger partial charge is 0.396 e. The summed E-state index contributed by atoms with van der Waals surface area (Å²) in [6.07, 6.45) is -0.0887. The highest BCUT2D eigenvalue weighted by Gasteiger charge is 2.44. The van der Waals surface area contributed by atoms with Crippen LogP contribution in [0.2, 0.25) is 0 Å². The second-order valence-electron chi connectivity index (χ2n) is 8.50. The number of aliphatic hydroxyl groups is 3. The first kappa shape index (κ1) is 26.0. The number of methoxy groups -OCH3 is 2. The lowest BCUT2D eigenvalue weighted by Gasteiger charge is -2.42. The molecular weight excluding hydrogens is 408 g/mol. The third kappa shape index (κ3) is 7.10. The summed E-state index contributed by atoms with van der Waals surface area (Å²) in [5.74, 6) is -0.786. The van der Waals surface area contributed by atoms with Crippen LogP contribution in [0, 0.1) is 5.92 Å². The highest BCUT2D eigenvalue weighted by atomic mass is 16.5. The predicted molar refractivity (Wildman–Crippen MR) is 111 cm³/mol. The van der Waals surface area contributed by atoms with E-state index in [1.54, 1.807) is 14.2 Å². The van der Waals surface area contributed by atoms with E-state index in [9.17, 15) is 24.9 Å². The smallest absolute Gasteiger partial charge is 0.222 e. The van der Waals surface area contributed by atoms with Gasteiger partial charge in [0.15, 0.2) is 0 Å². The van der Waals surface area contributed by atoms with Gasteiger partial charge in [0, 0.05) is 53.2 Å². The van der Waals surface area contributed by atoms with E-state index in [-0.39, 0.29) is 30.6 Å². The summed E-state index contributed by atoms with van der Waals surface area (Å²) in [5, 5.41) is 32.6. The maximum atomic E-state index is 12.6. The first-order valence-corrected chi connectivity index (χ1v) is 11.0. The number of hydrogen-bond acceptors (Lipinski definition) is 8. The average Bonchev–Trinajstić information content (AvgIpc) is 3.15. The van der Waals surface area contributed by atoms with Crippen LogP contribution in [-0.4, -0.2) is 109 Å². The van der Waals surface area contributed by atoms with Crippen molar-refractivity contribution in [3.63, 3.8) is 0 Å². The first-order valence-electron chi connectivity index (χ1n) is 11.0. The fourth-order valence-electron chi connectivity index (χ4n) is 4.52. The number of hydrogen-bond donors (Lipinski definition) is 4. The zero-order valence-corrected chi connectivity index (χ0v) is 18.7. The van der Waals surface area contributed by atoms with Gasteiger partial charge in [-0.3, -0.25) is 9.59 Å². The van der Waals surface area contributed by atoms with Gasteiger partial charge in [0.25, 0.3) is 0 Å². The highest BCUT2D eigenvalue weighted by Crippen LogP contribution is 2.28. The van der Waals surface area contributed by atoms with E-state index in [2.05, 4.69) is 5.32 Å². The Hall–Kier alpha value is -1.30. The number of likely N-dealkylation sites (tertiary alicyclic amines) is 1. The van der Waals surface area contributed by atoms with Crippen molar-refractivity contribution >= 4 is 11.8 Å². The molecule has 10 nitrogen and oxygen atoms in total. The van der Waals surface area contributed by atoms with Gasteiger partial charge in [-0.2, -0.15) is 0 Å². The third-order valence-corrected chi connectivity index (χ3v) is 6.25. The molecule has 1 saturated heterocycles. The molecule has 7 atom stereocenters. The summed E-state index contributed by atoms with van der Waals surface area (Å²) in [5.41, 5.74) is 0. The van der Waals surface area contributed by atoms with Crippen molar-refractivity contribution in [2.45, 2.75) is 75.5 Å². The Morgan fingerprint density at radius 3 is 2.48 bits per heavy atom. The Morgan fingerprint density at radius 2 is 1.87 bits per heavy atom. The fraction of sp³-hybridized carbons (Fsp3) is 0.905. The highest BCUT2D eigenvalue weighted by molar-refractivity contribution is 5.77. The van der Waals surface area contributed by atoms with Crippen LogP contribution in [-0.2, 0) is 23.8 Å². The molecule has 1 saturated carbocycles. The van der Waals surface area contributed by atoms with Crippen LogP contribution in [0.25, 0.3) is 0 Å². The number of ether oxygens (including phenoxy) is 3. The maximum absolute atomic E-state index is 12.6. The lowest BCUT2D eigenvalue weighted by Crippen LogP contribution is -2.61. The molecule has 2 amide bonds. The van der Waals surface area contributed by atoms with Crippen LogP contribution in [0.15, 0.2) is 0 Å². The van der Waals surface area contributed by atoms with Gasteiger partial charge in [-0.1, -0.05) is 0 Å². The number of amides is 2. The molecule has 1 aliphatic carbocycles. The van der Waals surface area contributed by atoms with Crippen LogP contribution in [0.1, 0.15) is 39.0 Å². The average molecular weight is 447 g/mol. The van der Waals surface area contributed by atoms with E-state index in [0.717, 1.165) is 6.42 Å². The van der Waals surface area contributed by atoms with E-state index in [0.29, 0.717) is 45.4 Å². The molecule has 0 radical (unpaired) electrons. The molecule has 0 aromatic carbocycles. The Bertz CT molecular complexity index is 578. The van der Waals surface area contributed by atoms with Crippen LogP contribution < -0.4 is 5.32 Å². The third-order valence-electron chi connectivity index (χ3n) is 6.25. The first-order chi connectivity index (χ1) is 14.8. The van der Waals surface area contributed by atoms with Crippen molar-refractivity contribution in [3.05, 3.63) is 0 Å². The molecule has 1 heterocycles. The van der Waals surface area contributed by atoms with Crippen LogP contribution in [0.5, 0.6) is 0 Å². The summed E-state index contributed by atoms with van der Waals surface area (Å²) in [6.45, 7) is 2.46. The molecule has 10 heteroatoms. The minimum Gasteiger partial charge on any atom is -0.396 e. The van der Waals surface area contributed by atoms with E-state index in [4.69, 9.17) is 14.2 Å². The van der Waals surface area contributed by atoms with E-state index < -0.39 is 30.3 Å². The lowest BCUT2D eigenvalue weighted by atomic mass is 9.79. The van der Waals surface area contributed by atoms with Crippen LogP contribution >= 0.6 is 0 Å². The van der Waals surface area contributed by atoms with Gasteiger partial charge in [0.1, 0.15) is 6.10 Å². The molecule has 0 aromatic heterocycles. The summed E-state index contributed by atoms with van der Waals surface area (Å²) in [4.78, 5) is 25.9. The molecule has 0 bridgehead atoms. The number of carbonyl (C=O) groups is 2. The predicted octanol–water partition coefficient (Wildman–Crippen LogP) is -0.957. The van der Waals surface area contributed by atoms with E-state index in [1.165, 1.54) is 6.92 Å². The molecule has 180 valence electrons. The van der Waals surface area contributed by atoms with E-state index >= 15 is 0 Å². The van der Waals surface area contributed by atoms with E-state index in [1.807, 2.05) is 4.90 Å². The van der Waals surface area contributed by atoms with Crippen molar-refractivity contribution in [1.82, 2.24) is 10.2 Å². The standard InChI is InChI=1S/C21H38N2O8/c1-13(25)22-19-17(8-14(11-24)20(27)21(19)28)31-7-5-4-6-18(26)23-10-16(30-3)9-15(23)12-29-2/h14-17,19-21,24,27-28H,4-12H2,1-3H3,(H,22,25)/t14?,15-,16+,17?,19?,20?,21?/m0/s1. The van der Waals surface area contributed by atoms with Crippen LogP contribution in [0.3, 0.4) is 0 Å². The minimum atomic E-state index is -1.22. The molecular formula is C21H38N2O8. The Morgan fingerprint density at radius 1 is 1.13 bits per heavy atom. The topological polar surface area (TPSA) is 138 Å². The van der Waals surface area contributed by atoms with Crippen molar-refractivity contribution in [3.8, 4) is 0 Å². The van der Waals surface area contributed by atoms with Gasteiger partial charge in [0.05, 0.1) is 37.0 Å². The number of aliphatic hydroxyl groups excluding tert-OH is 3. The quantitative estimate of drug-likeness (QED) is 0.298.